The number of ketones is 2. The van der Waals surface area contributed by atoms with Gasteiger partial charge in [0.2, 0.25) is 0 Å². The number of nitrogens with zero attached hydrogens (tertiary/aromatic N) is 2. The first kappa shape index (κ1) is 36.3. The number of hydrogen-bond acceptors (Lipinski definition) is 6. The van der Waals surface area contributed by atoms with Crippen molar-refractivity contribution in [3.63, 3.8) is 0 Å². The molecule has 5 rings (SSSR count). The van der Waals surface area contributed by atoms with E-state index >= 15 is 0 Å². The topological polar surface area (TPSA) is 100 Å². The van der Waals surface area contributed by atoms with E-state index in [0.29, 0.717) is 0 Å². The van der Waals surface area contributed by atoms with E-state index in [-0.39, 0.29) is 65.2 Å². The molecule has 0 saturated heterocycles. The fourth-order valence-corrected chi connectivity index (χ4v) is 3.87. The molecule has 0 atom stereocenters. The van der Waals surface area contributed by atoms with Gasteiger partial charge in [-0.15, -0.1) is 69.1 Å². The van der Waals surface area contributed by atoms with Crippen molar-refractivity contribution in [3.05, 3.63) is 121 Å². The number of aromatic nitrogens is 2. The van der Waals surface area contributed by atoms with E-state index in [9.17, 15) is 9.59 Å². The van der Waals surface area contributed by atoms with Gasteiger partial charge in [0.05, 0.1) is 11.5 Å². The van der Waals surface area contributed by atoms with Crippen LogP contribution in [0.15, 0.2) is 109 Å². The van der Waals surface area contributed by atoms with Gasteiger partial charge >= 0.3 is 0 Å². The first-order chi connectivity index (χ1) is 19.1. The SMILES string of the molecule is CC(=O)/C=C(/C)O.CC(=O)/C=C(/C)O.[Pt].[Pt].[c-]1cc2c(ccc3cc(-c4ccccn4)[c-]cc32)cc1-c1ccccn1. The predicted octanol–water partition coefficient (Wildman–Crippen LogP) is 7.79. The molecule has 0 bridgehead atoms. The van der Waals surface area contributed by atoms with Gasteiger partial charge in [-0.25, -0.2) is 0 Å². The van der Waals surface area contributed by atoms with Gasteiger partial charge in [0, 0.05) is 66.7 Å². The number of benzene rings is 3. The van der Waals surface area contributed by atoms with Gasteiger partial charge in [-0.1, -0.05) is 36.4 Å². The largest absolute Gasteiger partial charge is 0.512 e. The first-order valence-electron chi connectivity index (χ1n) is 12.5. The fourth-order valence-electron chi connectivity index (χ4n) is 3.87. The quantitative estimate of drug-likeness (QED) is 0.0828. The van der Waals surface area contributed by atoms with Crippen molar-refractivity contribution >= 4 is 33.1 Å². The first-order valence-corrected chi connectivity index (χ1v) is 12.5. The summed E-state index contributed by atoms with van der Waals surface area (Å²) < 4.78 is 0. The van der Waals surface area contributed by atoms with Crippen LogP contribution >= 0.6 is 0 Å². The van der Waals surface area contributed by atoms with Gasteiger partial charge in [0.15, 0.2) is 11.6 Å². The van der Waals surface area contributed by atoms with Crippen LogP contribution in [0.2, 0.25) is 0 Å². The maximum absolute atomic E-state index is 10.0. The molecule has 0 saturated carbocycles. The number of rotatable bonds is 4. The van der Waals surface area contributed by atoms with Crippen LogP contribution in [-0.2, 0) is 51.7 Å². The molecule has 5 aromatic rings. The fraction of sp³-hybridized carbons (Fsp3) is 0.118. The third-order valence-corrected chi connectivity index (χ3v) is 5.40. The molecule has 42 heavy (non-hydrogen) atoms. The Morgan fingerprint density at radius 2 is 1.02 bits per heavy atom. The Morgan fingerprint density at radius 3 is 1.29 bits per heavy atom. The Morgan fingerprint density at radius 1 is 0.643 bits per heavy atom. The van der Waals surface area contributed by atoms with Crippen molar-refractivity contribution in [2.45, 2.75) is 27.7 Å². The third kappa shape index (κ3) is 11.3. The Hall–Kier alpha value is -3.72. The minimum atomic E-state index is -0.125. The number of aliphatic hydroxyl groups excluding tert-OH is 2. The summed E-state index contributed by atoms with van der Waals surface area (Å²) in [4.78, 5) is 28.9. The van der Waals surface area contributed by atoms with Crippen LogP contribution in [0.25, 0.3) is 44.1 Å². The van der Waals surface area contributed by atoms with Crippen molar-refractivity contribution in [3.8, 4) is 22.5 Å². The molecule has 0 spiro atoms. The second-order valence-corrected chi connectivity index (χ2v) is 8.99. The van der Waals surface area contributed by atoms with E-state index in [4.69, 9.17) is 10.2 Å². The average molecular weight is 921 g/mol. The number of aliphatic hydroxyl groups is 2. The van der Waals surface area contributed by atoms with E-state index < -0.39 is 0 Å². The van der Waals surface area contributed by atoms with E-state index in [1.54, 1.807) is 0 Å². The van der Waals surface area contributed by atoms with Gasteiger partial charge in [-0.3, -0.25) is 9.59 Å². The molecule has 0 fully saturated rings. The number of carbonyl (C=O) groups excluding carboxylic acids is 2. The van der Waals surface area contributed by atoms with Crippen molar-refractivity contribution in [1.29, 1.82) is 0 Å². The molecular weight excluding hydrogens is 891 g/mol. The normalized spacial score (nSPS) is 10.7. The summed E-state index contributed by atoms with van der Waals surface area (Å²) in [7, 11) is 0. The molecule has 0 radical (unpaired) electrons. The minimum absolute atomic E-state index is 0. The number of fused-ring (bicyclic) bond motifs is 3. The summed E-state index contributed by atoms with van der Waals surface area (Å²) in [6, 6.07) is 31.3. The van der Waals surface area contributed by atoms with E-state index in [1.807, 2.05) is 48.8 Å². The predicted molar refractivity (Wildman–Crippen MR) is 160 cm³/mol. The molecule has 6 nitrogen and oxygen atoms in total. The van der Waals surface area contributed by atoms with Crippen molar-refractivity contribution in [2.75, 3.05) is 0 Å². The zero-order chi connectivity index (χ0) is 29.1. The van der Waals surface area contributed by atoms with Crippen LogP contribution in [-0.4, -0.2) is 31.7 Å². The summed E-state index contributed by atoms with van der Waals surface area (Å²) in [6.07, 6.45) is 5.95. The maximum Gasteiger partial charge on any atom is 0.155 e. The molecule has 2 N–H and O–H groups in total. The van der Waals surface area contributed by atoms with Crippen LogP contribution in [0.5, 0.6) is 0 Å². The molecule has 8 heteroatoms. The van der Waals surface area contributed by atoms with Crippen molar-refractivity contribution < 1.29 is 61.9 Å². The standard InChI is InChI=1S/C24H14N2.2C5H8O2.2Pt/c1-3-13-25-23(5-1)19-9-11-21-17(15-19)7-8-18-16-20(10-12-22(18)21)24-6-2-4-14-26-24;2*1-4(6)3-5(2)7;;/h1-8,11-16H;2*3,6H,1-2H3;;/q-2;;;;/b;2*4-3-;;. The van der Waals surface area contributed by atoms with Crippen LogP contribution in [0, 0.1) is 12.1 Å². The van der Waals surface area contributed by atoms with Gasteiger partial charge in [-0.2, -0.15) is 0 Å². The summed E-state index contributed by atoms with van der Waals surface area (Å²) in [5, 5.41) is 21.4. The Labute approximate surface area is 274 Å². The van der Waals surface area contributed by atoms with Gasteiger partial charge in [-0.05, 0) is 51.2 Å². The van der Waals surface area contributed by atoms with Crippen molar-refractivity contribution in [1.82, 2.24) is 9.97 Å². The number of carbonyl (C=O) groups is 2. The van der Waals surface area contributed by atoms with Gasteiger partial charge in [0.25, 0.3) is 0 Å². The Bertz CT molecular complexity index is 1550. The summed E-state index contributed by atoms with van der Waals surface area (Å²) >= 11 is 0. The second-order valence-electron chi connectivity index (χ2n) is 8.99. The summed E-state index contributed by atoms with van der Waals surface area (Å²) in [6.45, 7) is 5.70. The van der Waals surface area contributed by atoms with Crippen LogP contribution < -0.4 is 0 Å². The molecule has 0 amide bonds. The molecule has 2 heterocycles. The van der Waals surface area contributed by atoms with E-state index in [1.165, 1.54) is 61.4 Å². The van der Waals surface area contributed by atoms with E-state index in [0.717, 1.165) is 22.5 Å². The van der Waals surface area contributed by atoms with Crippen LogP contribution in [0.4, 0.5) is 0 Å². The zero-order valence-electron chi connectivity index (χ0n) is 23.5. The van der Waals surface area contributed by atoms with Crippen LogP contribution in [0.1, 0.15) is 27.7 Å². The molecule has 3 aromatic carbocycles. The van der Waals surface area contributed by atoms with Crippen molar-refractivity contribution in [2.24, 2.45) is 0 Å². The zero-order valence-corrected chi connectivity index (χ0v) is 28.0. The van der Waals surface area contributed by atoms with Gasteiger partial charge in [0.1, 0.15) is 0 Å². The molecule has 0 aliphatic heterocycles. The smallest absolute Gasteiger partial charge is 0.155 e. The summed E-state index contributed by atoms with van der Waals surface area (Å²) in [5.74, 6) is -0.125. The molecule has 0 aliphatic carbocycles. The molecule has 0 unspecified atom stereocenters. The van der Waals surface area contributed by atoms with E-state index in [2.05, 4.69) is 58.5 Å². The average Bonchev–Trinajstić information content (AvgIpc) is 2.92. The maximum atomic E-state index is 10.0. The third-order valence-electron chi connectivity index (χ3n) is 5.40. The number of hydrogen-bond donors (Lipinski definition) is 2. The Balaban J connectivity index is 0.000000466. The molecular formula is C34H30N2O4Pt2-2. The number of allylic oxidation sites excluding steroid dienone is 4. The molecule has 0 aliphatic rings. The summed E-state index contributed by atoms with van der Waals surface area (Å²) in [5.41, 5.74) is 3.89. The second kappa shape index (κ2) is 18.0. The van der Waals surface area contributed by atoms with Crippen LogP contribution in [0.3, 0.4) is 0 Å². The Kier molecular flexibility index (Phi) is 15.5. The monoisotopic (exact) mass is 920 g/mol. The molecule has 2 aromatic heterocycles. The minimum Gasteiger partial charge on any atom is -0.512 e. The molecule has 222 valence electrons. The number of pyridine rings is 2. The van der Waals surface area contributed by atoms with Gasteiger partial charge < -0.3 is 20.2 Å².